The van der Waals surface area contributed by atoms with Gasteiger partial charge in [0.15, 0.2) is 0 Å². The van der Waals surface area contributed by atoms with E-state index in [4.69, 9.17) is 11.6 Å². The first kappa shape index (κ1) is 11.0. The molecule has 0 saturated heterocycles. The highest BCUT2D eigenvalue weighted by Gasteiger charge is 2.24. The number of fused-ring (bicyclic) bond motifs is 2. The van der Waals surface area contributed by atoms with Gasteiger partial charge in [0.2, 0.25) is 0 Å². The highest BCUT2D eigenvalue weighted by Crippen LogP contribution is 2.45. The lowest BCUT2D eigenvalue weighted by Crippen LogP contribution is -2.06. The summed E-state index contributed by atoms with van der Waals surface area (Å²) in [5.74, 6) is 0. The summed E-state index contributed by atoms with van der Waals surface area (Å²) in [4.78, 5) is 1.23. The van der Waals surface area contributed by atoms with Crippen LogP contribution in [0.25, 0.3) is 0 Å². The Hall–Kier alpha value is -1.12. The molecule has 1 aliphatic heterocycles. The number of rotatable bonds is 0. The Kier molecular flexibility index (Phi) is 2.77. The third-order valence-electron chi connectivity index (χ3n) is 2.98. The Morgan fingerprint density at radius 2 is 1.65 bits per heavy atom. The molecular formula is C14H12ClNS. The molecule has 0 bridgehead atoms. The van der Waals surface area contributed by atoms with Crippen molar-refractivity contribution in [3.8, 4) is 0 Å². The van der Waals surface area contributed by atoms with Gasteiger partial charge in [-0.15, -0.1) is 11.6 Å². The average molecular weight is 262 g/mol. The summed E-state index contributed by atoms with van der Waals surface area (Å²) in [6.45, 7) is 0. The van der Waals surface area contributed by atoms with Crippen LogP contribution >= 0.6 is 23.5 Å². The van der Waals surface area contributed by atoms with E-state index in [9.17, 15) is 0 Å². The minimum atomic E-state index is -0.0696. The summed E-state index contributed by atoms with van der Waals surface area (Å²) < 4.78 is 2.18. The Labute approximate surface area is 111 Å². The summed E-state index contributed by atoms with van der Waals surface area (Å²) in [7, 11) is 2.08. The molecule has 17 heavy (non-hydrogen) atoms. The summed E-state index contributed by atoms with van der Waals surface area (Å²) >= 11 is 8.34. The molecule has 86 valence electrons. The van der Waals surface area contributed by atoms with Gasteiger partial charge in [0.25, 0.3) is 0 Å². The number of anilines is 1. The van der Waals surface area contributed by atoms with E-state index in [1.165, 1.54) is 21.7 Å². The first-order valence-corrected chi connectivity index (χ1v) is 6.72. The van der Waals surface area contributed by atoms with Crippen molar-refractivity contribution in [2.45, 2.75) is 10.3 Å². The van der Waals surface area contributed by atoms with Crippen LogP contribution in [0.2, 0.25) is 0 Å². The van der Waals surface area contributed by atoms with Gasteiger partial charge in [-0.3, -0.25) is 0 Å². The average Bonchev–Trinajstić information content (AvgIpc) is 2.48. The molecule has 1 heterocycles. The lowest BCUT2D eigenvalue weighted by molar-refractivity contribution is 1.09. The van der Waals surface area contributed by atoms with E-state index in [0.717, 1.165) is 0 Å². The first-order chi connectivity index (χ1) is 8.27. The van der Waals surface area contributed by atoms with Crippen molar-refractivity contribution in [2.75, 3.05) is 11.4 Å². The van der Waals surface area contributed by atoms with Gasteiger partial charge in [-0.05, 0) is 35.2 Å². The van der Waals surface area contributed by atoms with Gasteiger partial charge in [-0.2, -0.15) is 0 Å². The molecule has 0 fully saturated rings. The van der Waals surface area contributed by atoms with Crippen molar-refractivity contribution in [1.29, 1.82) is 0 Å². The van der Waals surface area contributed by atoms with Gasteiger partial charge in [0.1, 0.15) is 0 Å². The summed E-state index contributed by atoms with van der Waals surface area (Å²) in [6, 6.07) is 16.6. The van der Waals surface area contributed by atoms with E-state index in [0.29, 0.717) is 0 Å². The van der Waals surface area contributed by atoms with Gasteiger partial charge >= 0.3 is 0 Å². The maximum atomic E-state index is 6.61. The minimum Gasteiger partial charge on any atom is -0.315 e. The first-order valence-electron chi connectivity index (χ1n) is 5.51. The van der Waals surface area contributed by atoms with Gasteiger partial charge in [0, 0.05) is 11.9 Å². The minimum absolute atomic E-state index is 0.0696. The number of para-hydroxylation sites is 1. The van der Waals surface area contributed by atoms with Crippen LogP contribution in [0.15, 0.2) is 53.4 Å². The molecule has 2 aromatic rings. The molecule has 1 unspecified atom stereocenters. The van der Waals surface area contributed by atoms with Crippen LogP contribution in [0, 0.1) is 0 Å². The van der Waals surface area contributed by atoms with E-state index < -0.39 is 0 Å². The standard InChI is InChI=1S/C14H12ClNS/c1-16-12-8-4-2-6-10(12)14(15)11-7-3-5-9-13(11)17-16/h2-9,14H,1H3. The molecule has 0 saturated carbocycles. The predicted octanol–water partition coefficient (Wildman–Crippen LogP) is 4.47. The third-order valence-corrected chi connectivity index (χ3v) is 4.49. The Morgan fingerprint density at radius 3 is 2.47 bits per heavy atom. The monoisotopic (exact) mass is 261 g/mol. The Balaban J connectivity index is 2.22. The van der Waals surface area contributed by atoms with E-state index in [1.807, 2.05) is 12.1 Å². The maximum Gasteiger partial charge on any atom is 0.0867 e. The van der Waals surface area contributed by atoms with Crippen LogP contribution in [-0.4, -0.2) is 7.05 Å². The summed E-state index contributed by atoms with van der Waals surface area (Å²) in [5, 5.41) is -0.0696. The summed E-state index contributed by atoms with van der Waals surface area (Å²) in [6.07, 6.45) is 0. The predicted molar refractivity (Wildman–Crippen MR) is 74.8 cm³/mol. The van der Waals surface area contributed by atoms with Crippen LogP contribution in [0.5, 0.6) is 0 Å². The largest absolute Gasteiger partial charge is 0.315 e. The van der Waals surface area contributed by atoms with Gasteiger partial charge in [-0.25, -0.2) is 0 Å². The molecule has 2 aromatic carbocycles. The molecule has 3 heteroatoms. The van der Waals surface area contributed by atoms with Crippen LogP contribution in [0.1, 0.15) is 16.5 Å². The number of nitrogens with zero attached hydrogens (tertiary/aromatic N) is 1. The van der Waals surface area contributed by atoms with Crippen molar-refractivity contribution in [2.24, 2.45) is 0 Å². The zero-order chi connectivity index (χ0) is 11.8. The van der Waals surface area contributed by atoms with E-state index >= 15 is 0 Å². The smallest absolute Gasteiger partial charge is 0.0867 e. The molecule has 3 rings (SSSR count). The van der Waals surface area contributed by atoms with E-state index in [-0.39, 0.29) is 5.38 Å². The molecule has 1 atom stereocenters. The quantitative estimate of drug-likeness (QED) is 0.508. The summed E-state index contributed by atoms with van der Waals surface area (Å²) in [5.41, 5.74) is 3.55. The molecule has 1 aliphatic rings. The van der Waals surface area contributed by atoms with E-state index in [1.54, 1.807) is 11.9 Å². The fourth-order valence-electron chi connectivity index (χ4n) is 2.13. The highest BCUT2D eigenvalue weighted by atomic mass is 35.5. The fraction of sp³-hybridized carbons (Fsp3) is 0.143. The lowest BCUT2D eigenvalue weighted by Gasteiger charge is -2.18. The zero-order valence-corrected chi connectivity index (χ0v) is 11.0. The van der Waals surface area contributed by atoms with Crippen molar-refractivity contribution in [3.05, 3.63) is 59.7 Å². The second-order valence-corrected chi connectivity index (χ2v) is 5.65. The topological polar surface area (TPSA) is 3.24 Å². The van der Waals surface area contributed by atoms with Gasteiger partial charge < -0.3 is 4.31 Å². The maximum absolute atomic E-state index is 6.61. The molecular weight excluding hydrogens is 250 g/mol. The zero-order valence-electron chi connectivity index (χ0n) is 9.43. The lowest BCUT2D eigenvalue weighted by atomic mass is 10.0. The third kappa shape index (κ3) is 1.81. The van der Waals surface area contributed by atoms with Crippen LogP contribution in [-0.2, 0) is 0 Å². The van der Waals surface area contributed by atoms with Crippen molar-refractivity contribution in [3.63, 3.8) is 0 Å². The molecule has 0 radical (unpaired) electrons. The van der Waals surface area contributed by atoms with Gasteiger partial charge in [-0.1, -0.05) is 36.4 Å². The SMILES string of the molecule is CN1Sc2ccccc2C(Cl)c2ccccc21. The number of hydrogen-bond acceptors (Lipinski definition) is 2. The Bertz CT molecular complexity index is 555. The molecule has 0 N–H and O–H groups in total. The number of alkyl halides is 1. The van der Waals surface area contributed by atoms with Crippen LogP contribution in [0.4, 0.5) is 5.69 Å². The van der Waals surface area contributed by atoms with Crippen molar-refractivity contribution in [1.82, 2.24) is 0 Å². The Morgan fingerprint density at radius 1 is 1.00 bits per heavy atom. The molecule has 0 aliphatic carbocycles. The second-order valence-electron chi connectivity index (χ2n) is 4.05. The normalized spacial score (nSPS) is 18.2. The fourth-order valence-corrected chi connectivity index (χ4v) is 3.56. The highest BCUT2D eigenvalue weighted by molar-refractivity contribution is 8.00. The number of halogens is 1. The molecule has 0 amide bonds. The molecule has 0 aromatic heterocycles. The van der Waals surface area contributed by atoms with E-state index in [2.05, 4.69) is 47.8 Å². The number of hydrogen-bond donors (Lipinski definition) is 0. The molecule has 0 spiro atoms. The molecule has 1 nitrogen and oxygen atoms in total. The van der Waals surface area contributed by atoms with Gasteiger partial charge in [0.05, 0.1) is 11.1 Å². The number of benzene rings is 2. The van der Waals surface area contributed by atoms with Crippen molar-refractivity contribution >= 4 is 29.2 Å². The van der Waals surface area contributed by atoms with Crippen LogP contribution < -0.4 is 4.31 Å². The van der Waals surface area contributed by atoms with Crippen LogP contribution in [0.3, 0.4) is 0 Å². The second kappa shape index (κ2) is 4.28. The van der Waals surface area contributed by atoms with Crippen molar-refractivity contribution < 1.29 is 0 Å².